The van der Waals surface area contributed by atoms with Gasteiger partial charge in [0.1, 0.15) is 5.72 Å². The highest BCUT2D eigenvalue weighted by Crippen LogP contribution is 2.31. The molecule has 0 radical (unpaired) electrons. The van der Waals surface area contributed by atoms with Crippen LogP contribution in [0.4, 0.5) is 0 Å². The number of nitrogens with one attached hydrogen (secondary N) is 1. The maximum absolute atomic E-state index is 5.21. The van der Waals surface area contributed by atoms with Crippen LogP contribution in [0.25, 0.3) is 0 Å². The smallest absolute Gasteiger partial charge is 0.118 e. The van der Waals surface area contributed by atoms with Gasteiger partial charge in [-0.2, -0.15) is 0 Å². The zero-order valence-corrected chi connectivity index (χ0v) is 5.53. The summed E-state index contributed by atoms with van der Waals surface area (Å²) in [4.78, 5) is 0. The molecule has 0 heterocycles. The van der Waals surface area contributed by atoms with Crippen molar-refractivity contribution in [2.24, 2.45) is 0 Å². The van der Waals surface area contributed by atoms with E-state index in [0.29, 0.717) is 0 Å². The Bertz CT molecular complexity index is 65.1. The minimum atomic E-state index is 0.0556. The number of hydrogen-bond donors (Lipinski definition) is 1. The molecular formula is C6H13NO. The number of rotatable bonds is 2. The van der Waals surface area contributed by atoms with Gasteiger partial charge in [0.15, 0.2) is 0 Å². The zero-order chi connectivity index (χ0) is 6.04. The highest BCUT2D eigenvalue weighted by atomic mass is 16.5. The second-order valence-electron chi connectivity index (χ2n) is 2.30. The maximum atomic E-state index is 5.21. The third-order valence-corrected chi connectivity index (χ3v) is 2.01. The van der Waals surface area contributed by atoms with Crippen LogP contribution in [-0.4, -0.2) is 19.9 Å². The normalized spacial score (nSPS) is 24.8. The van der Waals surface area contributed by atoms with Crippen LogP contribution >= 0.6 is 0 Å². The van der Waals surface area contributed by atoms with Gasteiger partial charge in [0.05, 0.1) is 0 Å². The van der Waals surface area contributed by atoms with E-state index in [1.165, 1.54) is 19.3 Å². The Kier molecular flexibility index (Phi) is 1.54. The number of ether oxygens (including phenoxy) is 1. The Morgan fingerprint density at radius 1 is 1.50 bits per heavy atom. The second-order valence-corrected chi connectivity index (χ2v) is 2.30. The van der Waals surface area contributed by atoms with E-state index >= 15 is 0 Å². The quantitative estimate of drug-likeness (QED) is 0.536. The Balaban J connectivity index is 2.33. The van der Waals surface area contributed by atoms with E-state index in [0.717, 1.165) is 0 Å². The molecule has 0 aromatic carbocycles. The third-order valence-electron chi connectivity index (χ3n) is 2.01. The van der Waals surface area contributed by atoms with Crippen molar-refractivity contribution in [2.75, 3.05) is 14.2 Å². The van der Waals surface area contributed by atoms with Gasteiger partial charge in [0, 0.05) is 7.11 Å². The Morgan fingerprint density at radius 2 is 2.12 bits per heavy atom. The summed E-state index contributed by atoms with van der Waals surface area (Å²) < 4.78 is 5.21. The maximum Gasteiger partial charge on any atom is 0.118 e. The van der Waals surface area contributed by atoms with Crippen molar-refractivity contribution < 1.29 is 4.74 Å². The van der Waals surface area contributed by atoms with Crippen molar-refractivity contribution in [2.45, 2.75) is 25.0 Å². The molecule has 1 saturated carbocycles. The van der Waals surface area contributed by atoms with E-state index in [1.807, 2.05) is 7.05 Å². The first kappa shape index (κ1) is 6.05. The molecule has 0 amide bonds. The zero-order valence-electron chi connectivity index (χ0n) is 5.53. The molecule has 0 aromatic rings. The summed E-state index contributed by atoms with van der Waals surface area (Å²) in [6.07, 6.45) is 3.63. The molecule has 2 heteroatoms. The first-order valence-corrected chi connectivity index (χ1v) is 3.07. The lowest BCUT2D eigenvalue weighted by Crippen LogP contribution is -2.50. The molecule has 8 heavy (non-hydrogen) atoms. The van der Waals surface area contributed by atoms with Gasteiger partial charge < -0.3 is 4.74 Å². The summed E-state index contributed by atoms with van der Waals surface area (Å²) in [5.41, 5.74) is 0.0556. The molecule has 2 nitrogen and oxygen atoms in total. The van der Waals surface area contributed by atoms with Crippen molar-refractivity contribution in [3.63, 3.8) is 0 Å². The molecule has 1 aliphatic rings. The fourth-order valence-corrected chi connectivity index (χ4v) is 1.05. The van der Waals surface area contributed by atoms with Crippen LogP contribution in [0.2, 0.25) is 0 Å². The molecule has 1 fully saturated rings. The molecule has 1 rings (SSSR count). The van der Waals surface area contributed by atoms with Gasteiger partial charge in [-0.05, 0) is 26.3 Å². The molecule has 0 unspecified atom stereocenters. The van der Waals surface area contributed by atoms with Crippen molar-refractivity contribution in [3.8, 4) is 0 Å². The standard InChI is InChI=1S/C6H13NO/c1-7-6(8-2)4-3-5-6/h7H,3-5H2,1-2H3. The van der Waals surface area contributed by atoms with E-state index in [4.69, 9.17) is 4.74 Å². The van der Waals surface area contributed by atoms with Gasteiger partial charge in [-0.25, -0.2) is 0 Å². The van der Waals surface area contributed by atoms with Gasteiger partial charge >= 0.3 is 0 Å². The van der Waals surface area contributed by atoms with Gasteiger partial charge in [-0.15, -0.1) is 0 Å². The lowest BCUT2D eigenvalue weighted by Gasteiger charge is -2.39. The van der Waals surface area contributed by atoms with Crippen molar-refractivity contribution in [3.05, 3.63) is 0 Å². The van der Waals surface area contributed by atoms with Crippen LogP contribution in [0.3, 0.4) is 0 Å². The van der Waals surface area contributed by atoms with Crippen LogP contribution in [0.5, 0.6) is 0 Å². The van der Waals surface area contributed by atoms with Crippen molar-refractivity contribution in [1.82, 2.24) is 5.32 Å². The third kappa shape index (κ3) is 0.740. The van der Waals surface area contributed by atoms with Crippen LogP contribution in [0, 0.1) is 0 Å². The average Bonchev–Trinajstić information content (AvgIpc) is 1.67. The summed E-state index contributed by atoms with van der Waals surface area (Å²) in [6, 6.07) is 0. The summed E-state index contributed by atoms with van der Waals surface area (Å²) in [5.74, 6) is 0. The van der Waals surface area contributed by atoms with E-state index < -0.39 is 0 Å². The molecule has 1 aliphatic carbocycles. The Hall–Kier alpha value is -0.0800. The lowest BCUT2D eigenvalue weighted by atomic mass is 9.88. The summed E-state index contributed by atoms with van der Waals surface area (Å²) in [5, 5.41) is 3.14. The topological polar surface area (TPSA) is 21.3 Å². The van der Waals surface area contributed by atoms with Crippen LogP contribution in [0.15, 0.2) is 0 Å². The predicted molar refractivity (Wildman–Crippen MR) is 32.7 cm³/mol. The second kappa shape index (κ2) is 2.03. The fourth-order valence-electron chi connectivity index (χ4n) is 1.05. The van der Waals surface area contributed by atoms with Gasteiger partial charge in [-0.3, -0.25) is 5.32 Å². The molecule has 0 spiro atoms. The Morgan fingerprint density at radius 3 is 2.12 bits per heavy atom. The van der Waals surface area contributed by atoms with E-state index in [2.05, 4.69) is 5.32 Å². The van der Waals surface area contributed by atoms with E-state index in [9.17, 15) is 0 Å². The van der Waals surface area contributed by atoms with Crippen molar-refractivity contribution >= 4 is 0 Å². The first-order chi connectivity index (χ1) is 3.83. The molecule has 0 atom stereocenters. The number of methoxy groups -OCH3 is 1. The first-order valence-electron chi connectivity index (χ1n) is 3.07. The van der Waals surface area contributed by atoms with Crippen LogP contribution in [-0.2, 0) is 4.74 Å². The Labute approximate surface area is 50.2 Å². The minimum absolute atomic E-state index is 0.0556. The number of hydrogen-bond acceptors (Lipinski definition) is 2. The van der Waals surface area contributed by atoms with Crippen molar-refractivity contribution in [1.29, 1.82) is 0 Å². The highest BCUT2D eigenvalue weighted by molar-refractivity contribution is 4.84. The highest BCUT2D eigenvalue weighted by Gasteiger charge is 2.34. The largest absolute Gasteiger partial charge is 0.364 e. The molecule has 1 N–H and O–H groups in total. The summed E-state index contributed by atoms with van der Waals surface area (Å²) in [6.45, 7) is 0. The lowest BCUT2D eigenvalue weighted by molar-refractivity contribution is -0.0927. The summed E-state index contributed by atoms with van der Waals surface area (Å²) in [7, 11) is 3.71. The molecule has 0 saturated heterocycles. The summed E-state index contributed by atoms with van der Waals surface area (Å²) >= 11 is 0. The van der Waals surface area contributed by atoms with E-state index in [1.54, 1.807) is 7.11 Å². The molecule has 0 aliphatic heterocycles. The van der Waals surface area contributed by atoms with Gasteiger partial charge in [-0.1, -0.05) is 0 Å². The SMILES string of the molecule is CNC1(OC)CCC1. The van der Waals surface area contributed by atoms with Gasteiger partial charge in [0.2, 0.25) is 0 Å². The fraction of sp³-hybridized carbons (Fsp3) is 1.00. The molecule has 48 valence electrons. The molecule has 0 aromatic heterocycles. The average molecular weight is 115 g/mol. The molecular weight excluding hydrogens is 102 g/mol. The van der Waals surface area contributed by atoms with Crippen LogP contribution in [0.1, 0.15) is 19.3 Å². The van der Waals surface area contributed by atoms with Gasteiger partial charge in [0.25, 0.3) is 0 Å². The van der Waals surface area contributed by atoms with Crippen LogP contribution < -0.4 is 5.32 Å². The monoisotopic (exact) mass is 115 g/mol. The predicted octanol–water partition coefficient (Wildman–Crippen LogP) is 0.732. The minimum Gasteiger partial charge on any atom is -0.364 e. The van der Waals surface area contributed by atoms with E-state index in [-0.39, 0.29) is 5.72 Å². The molecule has 0 bridgehead atoms.